The van der Waals surface area contributed by atoms with Gasteiger partial charge in [0.2, 0.25) is 10.0 Å². The minimum absolute atomic E-state index is 0.0340. The summed E-state index contributed by atoms with van der Waals surface area (Å²) >= 11 is 0. The van der Waals surface area contributed by atoms with Crippen molar-refractivity contribution in [1.29, 1.82) is 0 Å². The highest BCUT2D eigenvalue weighted by Gasteiger charge is 2.25. The quantitative estimate of drug-likeness (QED) is 0.812. The van der Waals surface area contributed by atoms with Gasteiger partial charge in [0.25, 0.3) is 0 Å². The average molecular weight is 322 g/mol. The zero-order valence-corrected chi connectivity index (χ0v) is 12.5. The molecule has 2 N–H and O–H groups in total. The molecule has 0 spiro atoms. The first kappa shape index (κ1) is 17.5. The van der Waals surface area contributed by atoms with Gasteiger partial charge in [-0.1, -0.05) is 0 Å². The molecule has 0 bridgehead atoms. The zero-order chi connectivity index (χ0) is 16.4. The summed E-state index contributed by atoms with van der Waals surface area (Å²) in [5, 5.41) is 8.77. The van der Waals surface area contributed by atoms with Gasteiger partial charge in [-0.2, -0.15) is 0 Å². The number of benzene rings is 1. The lowest BCUT2D eigenvalue weighted by Gasteiger charge is -2.20. The molecule has 0 radical (unpaired) electrons. The van der Waals surface area contributed by atoms with Gasteiger partial charge in [0.05, 0.1) is 5.56 Å². The number of hydrogen-bond acceptors (Lipinski definition) is 4. The molecule has 0 aliphatic rings. The molecule has 1 rings (SSSR count). The van der Waals surface area contributed by atoms with Crippen LogP contribution in [0.15, 0.2) is 17.0 Å². The Kier molecular flexibility index (Phi) is 5.37. The van der Waals surface area contributed by atoms with Crippen LogP contribution in [-0.2, 0) is 10.0 Å². The molecule has 0 fully saturated rings. The van der Waals surface area contributed by atoms with E-state index in [1.807, 2.05) is 0 Å². The molecule has 118 valence electrons. The van der Waals surface area contributed by atoms with Gasteiger partial charge in [-0.25, -0.2) is 26.7 Å². The van der Waals surface area contributed by atoms with Gasteiger partial charge < -0.3 is 10.0 Å². The van der Waals surface area contributed by atoms with Crippen LogP contribution in [0.1, 0.15) is 17.3 Å². The minimum Gasteiger partial charge on any atom is -0.478 e. The van der Waals surface area contributed by atoms with Crippen molar-refractivity contribution in [3.8, 4) is 0 Å². The van der Waals surface area contributed by atoms with Gasteiger partial charge in [-0.05, 0) is 33.2 Å². The third kappa shape index (κ3) is 4.19. The molecule has 0 aliphatic carbocycles. The zero-order valence-electron chi connectivity index (χ0n) is 11.7. The van der Waals surface area contributed by atoms with Gasteiger partial charge in [-0.15, -0.1) is 0 Å². The van der Waals surface area contributed by atoms with Gasteiger partial charge in [-0.3, -0.25) is 0 Å². The maximum atomic E-state index is 13.6. The average Bonchev–Trinajstić information content (AvgIpc) is 2.38. The number of nitrogens with zero attached hydrogens (tertiary/aromatic N) is 1. The van der Waals surface area contributed by atoms with Crippen molar-refractivity contribution < 1.29 is 27.1 Å². The van der Waals surface area contributed by atoms with E-state index in [2.05, 4.69) is 4.72 Å². The molecule has 0 saturated carbocycles. The largest absolute Gasteiger partial charge is 0.478 e. The summed E-state index contributed by atoms with van der Waals surface area (Å²) in [5.41, 5.74) is -0.644. The van der Waals surface area contributed by atoms with Crippen molar-refractivity contribution in [2.45, 2.75) is 17.9 Å². The molecular weight excluding hydrogens is 306 g/mol. The van der Waals surface area contributed by atoms with Gasteiger partial charge in [0.1, 0.15) is 4.90 Å². The highest BCUT2D eigenvalue weighted by molar-refractivity contribution is 7.89. The predicted molar refractivity (Wildman–Crippen MR) is 71.7 cm³/mol. The molecule has 1 atom stereocenters. The van der Waals surface area contributed by atoms with E-state index in [0.717, 1.165) is 0 Å². The fraction of sp³-hybridized carbons (Fsp3) is 0.417. The number of nitrogens with one attached hydrogen (secondary N) is 1. The number of carboxylic acids is 1. The van der Waals surface area contributed by atoms with Crippen molar-refractivity contribution in [2.24, 2.45) is 0 Å². The van der Waals surface area contributed by atoms with E-state index in [1.165, 1.54) is 0 Å². The van der Waals surface area contributed by atoms with E-state index in [4.69, 9.17) is 5.11 Å². The summed E-state index contributed by atoms with van der Waals surface area (Å²) in [7, 11) is -0.900. The molecule has 0 amide bonds. The second-order valence-electron chi connectivity index (χ2n) is 4.74. The second kappa shape index (κ2) is 6.46. The molecule has 21 heavy (non-hydrogen) atoms. The summed E-state index contributed by atoms with van der Waals surface area (Å²) in [4.78, 5) is 11.5. The predicted octanol–water partition coefficient (Wildman–Crippen LogP) is 0.891. The normalized spacial score (nSPS) is 13.4. The standard InChI is InChI=1S/C12H16F2N2O4S/c1-7(16(2)3)6-15-21(19,20)10-5-8(12(17)18)4-9(13)11(10)14/h4-5,7,15H,6H2,1-3H3,(H,17,18). The first-order chi connectivity index (χ1) is 9.56. The highest BCUT2D eigenvalue weighted by Crippen LogP contribution is 2.20. The maximum absolute atomic E-state index is 13.6. The van der Waals surface area contributed by atoms with E-state index in [1.54, 1.807) is 25.9 Å². The van der Waals surface area contributed by atoms with Crippen LogP contribution in [0, 0.1) is 11.6 Å². The van der Waals surface area contributed by atoms with E-state index in [-0.39, 0.29) is 12.6 Å². The minimum atomic E-state index is -4.35. The van der Waals surface area contributed by atoms with Crippen LogP contribution in [0.4, 0.5) is 8.78 Å². The lowest BCUT2D eigenvalue weighted by Crippen LogP contribution is -2.38. The van der Waals surface area contributed by atoms with E-state index < -0.39 is 38.1 Å². The number of hydrogen-bond donors (Lipinski definition) is 2. The van der Waals surface area contributed by atoms with Crippen LogP contribution in [0.25, 0.3) is 0 Å². The number of carboxylic acid groups (broad SMARTS) is 1. The van der Waals surface area contributed by atoms with Crippen molar-refractivity contribution in [3.05, 3.63) is 29.3 Å². The number of likely N-dealkylation sites (N-methyl/N-ethyl adjacent to an activating group) is 1. The summed E-state index contributed by atoms with van der Waals surface area (Å²) in [6.45, 7) is 1.70. The monoisotopic (exact) mass is 322 g/mol. The van der Waals surface area contributed by atoms with Crippen LogP contribution in [0.2, 0.25) is 0 Å². The van der Waals surface area contributed by atoms with Crippen molar-refractivity contribution in [2.75, 3.05) is 20.6 Å². The Balaban J connectivity index is 3.16. The summed E-state index contributed by atoms with van der Waals surface area (Å²) in [5.74, 6) is -4.69. The van der Waals surface area contributed by atoms with E-state index in [9.17, 15) is 22.0 Å². The summed E-state index contributed by atoms with van der Waals surface area (Å²) in [6, 6.07) is 0.832. The topological polar surface area (TPSA) is 86.7 Å². The van der Waals surface area contributed by atoms with Gasteiger partial charge >= 0.3 is 5.97 Å². The molecular formula is C12H16F2N2O4S. The first-order valence-corrected chi connectivity index (χ1v) is 7.43. The fourth-order valence-corrected chi connectivity index (χ4v) is 2.61. The summed E-state index contributed by atoms with van der Waals surface area (Å²) in [6.07, 6.45) is 0. The SMILES string of the molecule is CC(CNS(=O)(=O)c1cc(C(=O)O)cc(F)c1F)N(C)C. The van der Waals surface area contributed by atoms with Crippen molar-refractivity contribution in [1.82, 2.24) is 9.62 Å². The fourth-order valence-electron chi connectivity index (χ4n) is 1.37. The Hall–Kier alpha value is -1.58. The molecule has 0 heterocycles. The third-order valence-corrected chi connectivity index (χ3v) is 4.40. The van der Waals surface area contributed by atoms with Crippen LogP contribution in [-0.4, -0.2) is 51.1 Å². The van der Waals surface area contributed by atoms with Crippen molar-refractivity contribution >= 4 is 16.0 Å². The Morgan fingerprint density at radius 2 is 1.95 bits per heavy atom. The van der Waals surface area contributed by atoms with E-state index in [0.29, 0.717) is 12.1 Å². The van der Waals surface area contributed by atoms with Crippen LogP contribution < -0.4 is 4.72 Å². The number of aromatic carboxylic acids is 1. The molecule has 1 aromatic carbocycles. The lowest BCUT2D eigenvalue weighted by molar-refractivity contribution is 0.0696. The Bertz CT molecular complexity index is 647. The Morgan fingerprint density at radius 3 is 2.43 bits per heavy atom. The highest BCUT2D eigenvalue weighted by atomic mass is 32.2. The Morgan fingerprint density at radius 1 is 1.38 bits per heavy atom. The molecule has 1 unspecified atom stereocenters. The van der Waals surface area contributed by atoms with Crippen LogP contribution in [0.3, 0.4) is 0 Å². The molecule has 1 aromatic rings. The molecule has 9 heteroatoms. The smallest absolute Gasteiger partial charge is 0.335 e. The Labute approximate surface area is 121 Å². The molecule has 0 saturated heterocycles. The van der Waals surface area contributed by atoms with E-state index >= 15 is 0 Å². The lowest BCUT2D eigenvalue weighted by atomic mass is 10.2. The maximum Gasteiger partial charge on any atom is 0.335 e. The molecule has 6 nitrogen and oxygen atoms in total. The molecule has 0 aromatic heterocycles. The summed E-state index contributed by atoms with van der Waals surface area (Å²) < 4.78 is 53.0. The number of sulfonamides is 1. The van der Waals surface area contributed by atoms with Gasteiger partial charge in [0.15, 0.2) is 11.6 Å². The number of halogens is 2. The van der Waals surface area contributed by atoms with Gasteiger partial charge in [0, 0.05) is 12.6 Å². The second-order valence-corrected chi connectivity index (χ2v) is 6.48. The number of carbonyl (C=O) groups is 1. The molecule has 0 aliphatic heterocycles. The number of rotatable bonds is 6. The van der Waals surface area contributed by atoms with Crippen LogP contribution >= 0.6 is 0 Å². The third-order valence-electron chi connectivity index (χ3n) is 2.98. The van der Waals surface area contributed by atoms with Crippen LogP contribution in [0.5, 0.6) is 0 Å². The van der Waals surface area contributed by atoms with Crippen molar-refractivity contribution in [3.63, 3.8) is 0 Å². The first-order valence-electron chi connectivity index (χ1n) is 5.94.